The lowest BCUT2D eigenvalue weighted by Crippen LogP contribution is -1.98. The third-order valence-electron chi connectivity index (χ3n) is 1.47. The van der Waals surface area contributed by atoms with Gasteiger partial charge in [-0.25, -0.2) is 0 Å². The van der Waals surface area contributed by atoms with E-state index in [2.05, 4.69) is 15.9 Å². The van der Waals surface area contributed by atoms with Crippen LogP contribution in [0.25, 0.3) is 0 Å². The zero-order chi connectivity index (χ0) is 9.14. The molecule has 5 heteroatoms. The molecule has 4 nitrogen and oxygen atoms in total. The summed E-state index contributed by atoms with van der Waals surface area (Å²) in [6.07, 6.45) is 0. The highest BCUT2D eigenvalue weighted by Crippen LogP contribution is 2.22. The van der Waals surface area contributed by atoms with E-state index in [0.717, 1.165) is 5.56 Å². The Hall–Kier alpha value is -0.940. The van der Waals surface area contributed by atoms with E-state index in [-0.39, 0.29) is 5.69 Å². The molecule has 0 amide bonds. The number of hydrogen-bond donors (Lipinski definition) is 1. The second-order valence-corrected chi connectivity index (χ2v) is 3.09. The SMILES string of the molecule is NCc1ccc([N+](=O)[O-])cc1Br. The first-order valence-corrected chi connectivity index (χ1v) is 4.07. The molecule has 0 aromatic heterocycles. The van der Waals surface area contributed by atoms with Crippen LogP contribution in [0.5, 0.6) is 0 Å². The lowest BCUT2D eigenvalue weighted by molar-refractivity contribution is -0.384. The topological polar surface area (TPSA) is 69.2 Å². The van der Waals surface area contributed by atoms with Crippen molar-refractivity contribution in [3.63, 3.8) is 0 Å². The average molecular weight is 231 g/mol. The molecule has 1 aromatic carbocycles. The van der Waals surface area contributed by atoms with Crippen molar-refractivity contribution < 1.29 is 4.92 Å². The van der Waals surface area contributed by atoms with Gasteiger partial charge in [-0.1, -0.05) is 15.9 Å². The lowest BCUT2D eigenvalue weighted by atomic mass is 10.2. The predicted octanol–water partition coefficient (Wildman–Crippen LogP) is 1.82. The smallest absolute Gasteiger partial charge is 0.270 e. The molecule has 0 radical (unpaired) electrons. The quantitative estimate of drug-likeness (QED) is 0.623. The number of nitrogens with two attached hydrogens (primary N) is 1. The van der Waals surface area contributed by atoms with Crippen LogP contribution in [0.2, 0.25) is 0 Å². The van der Waals surface area contributed by atoms with Crippen LogP contribution in [0.15, 0.2) is 22.7 Å². The van der Waals surface area contributed by atoms with Gasteiger partial charge in [0.05, 0.1) is 4.92 Å². The van der Waals surface area contributed by atoms with Gasteiger partial charge in [0, 0.05) is 23.2 Å². The van der Waals surface area contributed by atoms with Gasteiger partial charge in [0.2, 0.25) is 0 Å². The monoisotopic (exact) mass is 230 g/mol. The van der Waals surface area contributed by atoms with Crippen molar-refractivity contribution in [3.8, 4) is 0 Å². The van der Waals surface area contributed by atoms with Crippen molar-refractivity contribution in [1.82, 2.24) is 0 Å². The van der Waals surface area contributed by atoms with Crippen molar-refractivity contribution in [1.29, 1.82) is 0 Å². The number of benzene rings is 1. The fourth-order valence-electron chi connectivity index (χ4n) is 0.815. The zero-order valence-corrected chi connectivity index (χ0v) is 7.74. The fraction of sp³-hybridized carbons (Fsp3) is 0.143. The summed E-state index contributed by atoms with van der Waals surface area (Å²) in [6.45, 7) is 0.374. The van der Waals surface area contributed by atoms with E-state index in [0.29, 0.717) is 11.0 Å². The fourth-order valence-corrected chi connectivity index (χ4v) is 1.34. The molecular weight excluding hydrogens is 224 g/mol. The molecule has 0 aliphatic heterocycles. The Morgan fingerprint density at radius 1 is 1.58 bits per heavy atom. The van der Waals surface area contributed by atoms with Crippen molar-refractivity contribution >= 4 is 21.6 Å². The van der Waals surface area contributed by atoms with Gasteiger partial charge < -0.3 is 5.73 Å². The highest BCUT2D eigenvalue weighted by Gasteiger charge is 2.07. The van der Waals surface area contributed by atoms with E-state index in [4.69, 9.17) is 5.73 Å². The minimum atomic E-state index is -0.439. The maximum absolute atomic E-state index is 10.3. The third-order valence-corrected chi connectivity index (χ3v) is 2.21. The van der Waals surface area contributed by atoms with Crippen LogP contribution in [0.3, 0.4) is 0 Å². The summed E-state index contributed by atoms with van der Waals surface area (Å²) in [7, 11) is 0. The van der Waals surface area contributed by atoms with Gasteiger partial charge in [0.15, 0.2) is 0 Å². The first kappa shape index (κ1) is 9.15. The Kier molecular flexibility index (Phi) is 2.78. The number of nitro benzene ring substituents is 1. The summed E-state index contributed by atoms with van der Waals surface area (Å²) in [6, 6.07) is 4.53. The predicted molar refractivity (Wildman–Crippen MR) is 48.7 cm³/mol. The summed E-state index contributed by atoms with van der Waals surface area (Å²) in [5.74, 6) is 0. The van der Waals surface area contributed by atoms with Gasteiger partial charge in [-0.05, 0) is 11.6 Å². The van der Waals surface area contributed by atoms with Crippen molar-refractivity contribution in [3.05, 3.63) is 38.3 Å². The van der Waals surface area contributed by atoms with E-state index >= 15 is 0 Å². The summed E-state index contributed by atoms with van der Waals surface area (Å²) in [5, 5.41) is 10.3. The standard InChI is InChI=1S/C7H7BrN2O2/c8-7-3-6(10(11)12)2-1-5(7)4-9/h1-3H,4,9H2. The molecule has 0 atom stereocenters. The van der Waals surface area contributed by atoms with Crippen LogP contribution >= 0.6 is 15.9 Å². The largest absolute Gasteiger partial charge is 0.326 e. The van der Waals surface area contributed by atoms with Crippen molar-refractivity contribution in [2.75, 3.05) is 0 Å². The van der Waals surface area contributed by atoms with E-state index in [9.17, 15) is 10.1 Å². The number of rotatable bonds is 2. The Morgan fingerprint density at radius 3 is 2.67 bits per heavy atom. The summed E-state index contributed by atoms with van der Waals surface area (Å²) < 4.78 is 0.680. The minimum absolute atomic E-state index is 0.0686. The van der Waals surface area contributed by atoms with Gasteiger partial charge in [0.25, 0.3) is 5.69 Å². The van der Waals surface area contributed by atoms with E-state index in [1.165, 1.54) is 12.1 Å². The number of halogens is 1. The second-order valence-electron chi connectivity index (χ2n) is 2.24. The molecule has 0 fully saturated rings. The molecule has 0 heterocycles. The van der Waals surface area contributed by atoms with Gasteiger partial charge in [-0.2, -0.15) is 0 Å². The third kappa shape index (κ3) is 1.80. The molecule has 0 unspecified atom stereocenters. The van der Waals surface area contributed by atoms with E-state index in [1.54, 1.807) is 6.07 Å². The molecule has 12 heavy (non-hydrogen) atoms. The molecule has 1 rings (SSSR count). The molecule has 0 aliphatic rings. The summed E-state index contributed by atoms with van der Waals surface area (Å²) >= 11 is 3.19. The number of nitrogens with zero attached hydrogens (tertiary/aromatic N) is 1. The van der Waals surface area contributed by atoms with E-state index < -0.39 is 4.92 Å². The number of non-ortho nitro benzene ring substituents is 1. The molecule has 64 valence electrons. The second kappa shape index (κ2) is 3.64. The lowest BCUT2D eigenvalue weighted by Gasteiger charge is -1.99. The van der Waals surface area contributed by atoms with Crippen LogP contribution in [0, 0.1) is 10.1 Å². The Morgan fingerprint density at radius 2 is 2.25 bits per heavy atom. The van der Waals surface area contributed by atoms with Crippen LogP contribution in [-0.2, 0) is 6.54 Å². The normalized spacial score (nSPS) is 9.83. The highest BCUT2D eigenvalue weighted by atomic mass is 79.9. The maximum Gasteiger partial charge on any atom is 0.270 e. The Balaban J connectivity index is 3.10. The first-order valence-electron chi connectivity index (χ1n) is 3.28. The van der Waals surface area contributed by atoms with Crippen LogP contribution in [0.4, 0.5) is 5.69 Å². The van der Waals surface area contributed by atoms with Crippen LogP contribution < -0.4 is 5.73 Å². The van der Waals surface area contributed by atoms with Crippen LogP contribution in [0.1, 0.15) is 5.56 Å². The summed E-state index contributed by atoms with van der Waals surface area (Å²) in [4.78, 5) is 9.87. The van der Waals surface area contributed by atoms with Gasteiger partial charge >= 0.3 is 0 Å². The number of nitro groups is 1. The van der Waals surface area contributed by atoms with E-state index in [1.807, 2.05) is 0 Å². The van der Waals surface area contributed by atoms with Gasteiger partial charge in [0.1, 0.15) is 0 Å². The maximum atomic E-state index is 10.3. The molecule has 0 aliphatic carbocycles. The molecule has 0 saturated heterocycles. The van der Waals surface area contributed by atoms with Crippen molar-refractivity contribution in [2.24, 2.45) is 5.73 Å². The minimum Gasteiger partial charge on any atom is -0.326 e. The molecule has 0 saturated carbocycles. The van der Waals surface area contributed by atoms with Crippen molar-refractivity contribution in [2.45, 2.75) is 6.54 Å². The number of hydrogen-bond acceptors (Lipinski definition) is 3. The van der Waals surface area contributed by atoms with Gasteiger partial charge in [-0.3, -0.25) is 10.1 Å². The molecular formula is C7H7BrN2O2. The van der Waals surface area contributed by atoms with Gasteiger partial charge in [-0.15, -0.1) is 0 Å². The average Bonchev–Trinajstić information content (AvgIpc) is 2.04. The van der Waals surface area contributed by atoms with Crippen LogP contribution in [-0.4, -0.2) is 4.92 Å². The first-order chi connectivity index (χ1) is 5.65. The molecule has 1 aromatic rings. The molecule has 2 N–H and O–H groups in total. The zero-order valence-electron chi connectivity index (χ0n) is 6.16. The Bertz CT molecular complexity index is 314. The Labute approximate surface area is 77.7 Å². The molecule has 0 bridgehead atoms. The molecule has 0 spiro atoms. The summed E-state index contributed by atoms with van der Waals surface area (Å²) in [5.41, 5.74) is 6.31. The highest BCUT2D eigenvalue weighted by molar-refractivity contribution is 9.10.